The molecule has 7 heteroatoms. The van der Waals surface area contributed by atoms with Gasteiger partial charge in [0, 0.05) is 44.4 Å². The van der Waals surface area contributed by atoms with Crippen LogP contribution in [0.3, 0.4) is 0 Å². The molecule has 7 nitrogen and oxygen atoms in total. The number of hydrogen-bond acceptors (Lipinski definition) is 6. The van der Waals surface area contributed by atoms with E-state index in [0.29, 0.717) is 6.54 Å². The van der Waals surface area contributed by atoms with Crippen LogP contribution in [0.25, 0.3) is 16.8 Å². The number of pyridine rings is 1. The number of hydrogen-bond donors (Lipinski definition) is 1. The van der Waals surface area contributed by atoms with Gasteiger partial charge in [0.15, 0.2) is 11.5 Å². The summed E-state index contributed by atoms with van der Waals surface area (Å²) >= 11 is 0. The summed E-state index contributed by atoms with van der Waals surface area (Å²) in [6.07, 6.45) is 7.47. The third kappa shape index (κ3) is 3.48. The fraction of sp³-hybridized carbons (Fsp3) is 0.261. The molecule has 152 valence electrons. The summed E-state index contributed by atoms with van der Waals surface area (Å²) in [5, 5.41) is 3.61. The average Bonchev–Trinajstić information content (AvgIpc) is 3.14. The number of anilines is 2. The summed E-state index contributed by atoms with van der Waals surface area (Å²) in [5.41, 5.74) is 5.42. The van der Waals surface area contributed by atoms with Gasteiger partial charge in [-0.3, -0.25) is 9.38 Å². The summed E-state index contributed by atoms with van der Waals surface area (Å²) < 4.78 is 7.58. The van der Waals surface area contributed by atoms with Crippen LogP contribution in [-0.4, -0.2) is 45.7 Å². The first-order valence-corrected chi connectivity index (χ1v) is 10.2. The van der Waals surface area contributed by atoms with Gasteiger partial charge >= 0.3 is 0 Å². The molecule has 1 fully saturated rings. The van der Waals surface area contributed by atoms with Crippen molar-refractivity contribution in [2.24, 2.45) is 0 Å². The third-order valence-corrected chi connectivity index (χ3v) is 5.46. The zero-order valence-corrected chi connectivity index (χ0v) is 17.0. The van der Waals surface area contributed by atoms with E-state index in [4.69, 9.17) is 9.72 Å². The summed E-state index contributed by atoms with van der Waals surface area (Å²) in [5.74, 6) is 1.90. The highest BCUT2D eigenvalue weighted by Gasteiger charge is 2.19. The highest BCUT2D eigenvalue weighted by atomic mass is 16.5. The van der Waals surface area contributed by atoms with Crippen molar-refractivity contribution in [2.75, 3.05) is 36.5 Å². The quantitative estimate of drug-likeness (QED) is 0.553. The van der Waals surface area contributed by atoms with Gasteiger partial charge in [-0.05, 0) is 35.7 Å². The van der Waals surface area contributed by atoms with Crippen molar-refractivity contribution in [3.8, 4) is 11.1 Å². The minimum Gasteiger partial charge on any atom is -0.378 e. The molecule has 0 spiro atoms. The van der Waals surface area contributed by atoms with Gasteiger partial charge in [-0.1, -0.05) is 24.3 Å². The number of ether oxygens (including phenoxy) is 1. The van der Waals surface area contributed by atoms with Crippen molar-refractivity contribution < 1.29 is 4.74 Å². The van der Waals surface area contributed by atoms with Crippen LogP contribution in [0.4, 0.5) is 11.6 Å². The molecule has 1 N–H and O–H groups in total. The van der Waals surface area contributed by atoms with Crippen molar-refractivity contribution >= 4 is 17.3 Å². The fourth-order valence-electron chi connectivity index (χ4n) is 3.95. The zero-order chi connectivity index (χ0) is 20.3. The molecule has 0 amide bonds. The average molecular weight is 400 g/mol. The number of nitrogens with zero attached hydrogens (tertiary/aromatic N) is 5. The topological polar surface area (TPSA) is 67.6 Å². The molecular formula is C23H24N6O. The van der Waals surface area contributed by atoms with E-state index in [1.165, 1.54) is 11.1 Å². The summed E-state index contributed by atoms with van der Waals surface area (Å²) in [4.78, 5) is 15.8. The van der Waals surface area contributed by atoms with E-state index in [2.05, 4.69) is 48.9 Å². The summed E-state index contributed by atoms with van der Waals surface area (Å²) in [7, 11) is 0. The lowest BCUT2D eigenvalue weighted by Crippen LogP contribution is -2.37. The minimum absolute atomic E-state index is 0.697. The van der Waals surface area contributed by atoms with E-state index < -0.39 is 0 Å². The summed E-state index contributed by atoms with van der Waals surface area (Å²) in [6.45, 7) is 5.84. The van der Waals surface area contributed by atoms with Crippen molar-refractivity contribution in [2.45, 2.75) is 13.5 Å². The number of fused-ring (bicyclic) bond motifs is 1. The Balaban J connectivity index is 1.45. The van der Waals surface area contributed by atoms with Crippen molar-refractivity contribution in [1.29, 1.82) is 0 Å². The van der Waals surface area contributed by atoms with Crippen molar-refractivity contribution in [3.05, 3.63) is 72.4 Å². The van der Waals surface area contributed by atoms with Gasteiger partial charge in [-0.2, -0.15) is 0 Å². The Morgan fingerprint density at radius 3 is 2.67 bits per heavy atom. The normalized spacial score (nSPS) is 14.2. The van der Waals surface area contributed by atoms with Gasteiger partial charge in [0.25, 0.3) is 0 Å². The van der Waals surface area contributed by atoms with Gasteiger partial charge in [0.2, 0.25) is 0 Å². The van der Waals surface area contributed by atoms with E-state index >= 15 is 0 Å². The Morgan fingerprint density at radius 2 is 1.83 bits per heavy atom. The SMILES string of the molecule is Cc1nc2c(N3CCOCC3)nccn2c1NCc1ccccc1-c1ccncc1. The number of aryl methyl sites for hydroxylation is 1. The molecule has 0 unspecified atom stereocenters. The second kappa shape index (κ2) is 8.12. The first-order chi connectivity index (χ1) is 14.8. The Bertz CT molecular complexity index is 1150. The van der Waals surface area contributed by atoms with Crippen LogP contribution in [0.2, 0.25) is 0 Å². The maximum absolute atomic E-state index is 5.48. The monoisotopic (exact) mass is 400 g/mol. The molecule has 1 saturated heterocycles. The minimum atomic E-state index is 0.697. The Labute approximate surface area is 175 Å². The smallest absolute Gasteiger partial charge is 0.182 e. The maximum atomic E-state index is 5.48. The second-order valence-electron chi connectivity index (χ2n) is 7.34. The van der Waals surface area contributed by atoms with Crippen molar-refractivity contribution in [1.82, 2.24) is 19.4 Å². The lowest BCUT2D eigenvalue weighted by atomic mass is 10.0. The van der Waals surface area contributed by atoms with Crippen LogP contribution in [0.1, 0.15) is 11.3 Å². The van der Waals surface area contributed by atoms with E-state index in [9.17, 15) is 0 Å². The Kier molecular flexibility index (Phi) is 5.03. The van der Waals surface area contributed by atoms with Gasteiger partial charge in [-0.15, -0.1) is 0 Å². The lowest BCUT2D eigenvalue weighted by molar-refractivity contribution is 0.122. The van der Waals surface area contributed by atoms with Gasteiger partial charge in [-0.25, -0.2) is 9.97 Å². The molecular weight excluding hydrogens is 376 g/mol. The third-order valence-electron chi connectivity index (χ3n) is 5.46. The van der Waals surface area contributed by atoms with Crippen LogP contribution < -0.4 is 10.2 Å². The van der Waals surface area contributed by atoms with Crippen LogP contribution in [-0.2, 0) is 11.3 Å². The fourth-order valence-corrected chi connectivity index (χ4v) is 3.95. The first-order valence-electron chi connectivity index (χ1n) is 10.2. The molecule has 1 aliphatic heterocycles. The van der Waals surface area contributed by atoms with Crippen LogP contribution in [0.15, 0.2) is 61.2 Å². The van der Waals surface area contributed by atoms with Gasteiger partial charge < -0.3 is 15.0 Å². The molecule has 3 aromatic heterocycles. The number of benzene rings is 1. The number of imidazole rings is 1. The Morgan fingerprint density at radius 1 is 1.03 bits per heavy atom. The molecule has 4 heterocycles. The standard InChI is InChI=1S/C23H24N6O/c1-17-21(26-16-19-4-2-3-5-20(19)18-6-8-24-9-7-18)29-11-10-25-22(23(29)27-17)28-12-14-30-15-13-28/h2-11,26H,12-16H2,1H3. The molecule has 1 aliphatic rings. The van der Waals surface area contributed by atoms with Gasteiger partial charge in [0.1, 0.15) is 5.82 Å². The number of aromatic nitrogens is 4. The predicted octanol–water partition coefficient (Wildman–Crippen LogP) is 3.55. The molecule has 0 saturated carbocycles. The number of nitrogens with one attached hydrogen (secondary N) is 1. The van der Waals surface area contributed by atoms with Crippen molar-refractivity contribution in [3.63, 3.8) is 0 Å². The molecule has 0 radical (unpaired) electrons. The highest BCUT2D eigenvalue weighted by molar-refractivity contribution is 5.70. The summed E-state index contributed by atoms with van der Waals surface area (Å²) in [6, 6.07) is 12.5. The number of rotatable bonds is 5. The Hall–Kier alpha value is -3.45. The van der Waals surface area contributed by atoms with Gasteiger partial charge in [0.05, 0.1) is 18.9 Å². The maximum Gasteiger partial charge on any atom is 0.182 e. The molecule has 0 aliphatic carbocycles. The highest BCUT2D eigenvalue weighted by Crippen LogP contribution is 2.27. The van der Waals surface area contributed by atoms with E-state index in [-0.39, 0.29) is 0 Å². The lowest BCUT2D eigenvalue weighted by Gasteiger charge is -2.27. The predicted molar refractivity (Wildman–Crippen MR) is 118 cm³/mol. The molecule has 5 rings (SSSR count). The molecule has 4 aromatic rings. The second-order valence-corrected chi connectivity index (χ2v) is 7.34. The molecule has 30 heavy (non-hydrogen) atoms. The van der Waals surface area contributed by atoms with E-state index in [0.717, 1.165) is 54.8 Å². The first kappa shape index (κ1) is 18.6. The van der Waals surface area contributed by atoms with E-state index in [1.54, 1.807) is 0 Å². The largest absolute Gasteiger partial charge is 0.378 e. The molecule has 0 bridgehead atoms. The van der Waals surface area contributed by atoms with Crippen LogP contribution >= 0.6 is 0 Å². The van der Waals surface area contributed by atoms with E-state index in [1.807, 2.05) is 43.8 Å². The number of morpholine rings is 1. The van der Waals surface area contributed by atoms with Crippen LogP contribution in [0.5, 0.6) is 0 Å². The zero-order valence-electron chi connectivity index (χ0n) is 17.0. The van der Waals surface area contributed by atoms with Crippen LogP contribution in [0, 0.1) is 6.92 Å². The molecule has 1 aromatic carbocycles. The molecule has 0 atom stereocenters.